The van der Waals surface area contributed by atoms with Crippen molar-refractivity contribution in [1.29, 1.82) is 0 Å². The summed E-state index contributed by atoms with van der Waals surface area (Å²) in [6, 6.07) is 6.30. The number of halogens is 1. The number of fused-ring (bicyclic) bond motifs is 1. The second-order valence-corrected chi connectivity index (χ2v) is 9.17. The average molecular weight is 450 g/mol. The molecule has 1 aromatic carbocycles. The lowest BCUT2D eigenvalue weighted by atomic mass is 10.1. The van der Waals surface area contributed by atoms with E-state index >= 15 is 0 Å². The van der Waals surface area contributed by atoms with E-state index in [1.54, 1.807) is 16.2 Å². The smallest absolute Gasteiger partial charge is 0.280 e. The minimum atomic E-state index is -0.0828. The zero-order valence-corrected chi connectivity index (χ0v) is 20.5. The molecule has 0 aliphatic heterocycles. The Morgan fingerprint density at radius 2 is 1.80 bits per heavy atom. The molecule has 3 rings (SSSR count). The maximum atomic E-state index is 13.5. The second-order valence-electron chi connectivity index (χ2n) is 8.20. The van der Waals surface area contributed by atoms with Crippen molar-refractivity contribution < 1.29 is 4.79 Å². The summed E-state index contributed by atoms with van der Waals surface area (Å²) in [4.78, 5) is 22.3. The summed E-state index contributed by atoms with van der Waals surface area (Å²) in [7, 11) is 4.09. The van der Waals surface area contributed by atoms with Crippen LogP contribution < -0.4 is 4.90 Å². The molecule has 0 saturated carbocycles. The number of aromatic nitrogens is 3. The topological polar surface area (TPSA) is 54.3 Å². The van der Waals surface area contributed by atoms with Crippen molar-refractivity contribution in [2.75, 3.05) is 32.1 Å². The molecule has 2 aromatic heterocycles. The molecule has 30 heavy (non-hydrogen) atoms. The van der Waals surface area contributed by atoms with Gasteiger partial charge in [0.15, 0.2) is 10.8 Å². The summed E-state index contributed by atoms with van der Waals surface area (Å²) >= 11 is 1.59. The molecule has 164 valence electrons. The van der Waals surface area contributed by atoms with Gasteiger partial charge in [0.25, 0.3) is 5.91 Å². The van der Waals surface area contributed by atoms with E-state index in [9.17, 15) is 4.79 Å². The Hall–Kier alpha value is -1.96. The van der Waals surface area contributed by atoms with Crippen molar-refractivity contribution in [2.24, 2.45) is 0 Å². The van der Waals surface area contributed by atoms with E-state index in [4.69, 9.17) is 4.98 Å². The third-order valence-corrected chi connectivity index (χ3v) is 6.24. The Balaban J connectivity index is 0.00000320. The van der Waals surface area contributed by atoms with Gasteiger partial charge in [0, 0.05) is 18.3 Å². The first-order valence-corrected chi connectivity index (χ1v) is 10.9. The van der Waals surface area contributed by atoms with Gasteiger partial charge in [0.05, 0.1) is 10.2 Å². The molecule has 0 atom stereocenters. The van der Waals surface area contributed by atoms with Crippen LogP contribution in [0.15, 0.2) is 18.2 Å². The quantitative estimate of drug-likeness (QED) is 0.508. The predicted molar refractivity (Wildman–Crippen MR) is 129 cm³/mol. The van der Waals surface area contributed by atoms with Crippen LogP contribution in [0.4, 0.5) is 5.13 Å². The molecular weight excluding hydrogens is 418 g/mol. The number of aryl methyl sites for hydroxylation is 3. The average Bonchev–Trinajstić information content (AvgIpc) is 3.26. The Bertz CT molecular complexity index is 985. The Morgan fingerprint density at radius 1 is 1.13 bits per heavy atom. The second kappa shape index (κ2) is 9.90. The van der Waals surface area contributed by atoms with E-state index in [0.717, 1.165) is 39.6 Å². The number of hydrogen-bond acceptors (Lipinski definition) is 5. The zero-order valence-electron chi connectivity index (χ0n) is 18.9. The summed E-state index contributed by atoms with van der Waals surface area (Å²) in [6.45, 7) is 11.8. The van der Waals surface area contributed by atoms with Crippen molar-refractivity contribution in [3.05, 3.63) is 40.7 Å². The molecule has 0 unspecified atom stereocenters. The number of carbonyl (C=O) groups is 1. The van der Waals surface area contributed by atoms with Crippen LogP contribution in [0.1, 0.15) is 53.6 Å². The van der Waals surface area contributed by atoms with Crippen LogP contribution in [0.25, 0.3) is 10.2 Å². The lowest BCUT2D eigenvalue weighted by molar-refractivity contribution is 0.0980. The molecule has 6 nitrogen and oxygen atoms in total. The molecule has 2 heterocycles. The number of carbonyl (C=O) groups excluding carboxylic acids is 1. The minimum Gasteiger partial charge on any atom is -0.309 e. The van der Waals surface area contributed by atoms with Crippen molar-refractivity contribution in [3.63, 3.8) is 0 Å². The molecule has 0 fully saturated rings. The van der Waals surface area contributed by atoms with Gasteiger partial charge in [-0.2, -0.15) is 5.10 Å². The van der Waals surface area contributed by atoms with E-state index in [1.807, 2.05) is 31.8 Å². The Morgan fingerprint density at radius 3 is 2.37 bits per heavy atom. The Kier molecular flexibility index (Phi) is 8.02. The summed E-state index contributed by atoms with van der Waals surface area (Å²) in [5.41, 5.74) is 4.78. The standard InChI is InChI=1S/C22H31N5OS.ClH/c1-14(2)27-17(5)13-18(24-27)21(28)26(12-8-11-25(6)7)22-23-19-15(3)9-10-16(4)20(19)29-22;/h9-10,13-14H,8,11-12H2,1-7H3;1H. The number of benzene rings is 1. The third-order valence-electron chi connectivity index (χ3n) is 5.02. The lowest BCUT2D eigenvalue weighted by Gasteiger charge is -2.20. The summed E-state index contributed by atoms with van der Waals surface area (Å²) in [5, 5.41) is 5.33. The number of thiazole rings is 1. The highest BCUT2D eigenvalue weighted by atomic mass is 35.5. The first-order chi connectivity index (χ1) is 13.7. The molecule has 0 spiro atoms. The number of anilines is 1. The minimum absolute atomic E-state index is 0. The SMILES string of the molecule is Cc1ccc(C)c2sc(N(CCCN(C)C)C(=O)c3cc(C)n(C(C)C)n3)nc12.Cl. The summed E-state index contributed by atoms with van der Waals surface area (Å²) in [6.07, 6.45) is 0.872. The maximum absolute atomic E-state index is 13.5. The van der Waals surface area contributed by atoms with Gasteiger partial charge >= 0.3 is 0 Å². The van der Waals surface area contributed by atoms with Crippen LogP contribution in [0.5, 0.6) is 0 Å². The Labute approximate surface area is 189 Å². The van der Waals surface area contributed by atoms with Crippen LogP contribution in [0.3, 0.4) is 0 Å². The molecule has 0 bridgehead atoms. The zero-order chi connectivity index (χ0) is 21.3. The highest BCUT2D eigenvalue weighted by molar-refractivity contribution is 7.22. The van der Waals surface area contributed by atoms with E-state index in [1.165, 1.54) is 5.56 Å². The molecule has 0 aliphatic carbocycles. The first-order valence-electron chi connectivity index (χ1n) is 10.1. The van der Waals surface area contributed by atoms with Gasteiger partial charge < -0.3 is 4.90 Å². The molecule has 0 radical (unpaired) electrons. The van der Waals surface area contributed by atoms with Crippen molar-refractivity contribution in [3.8, 4) is 0 Å². The molecule has 0 saturated heterocycles. The van der Waals surface area contributed by atoms with Crippen LogP contribution in [-0.2, 0) is 0 Å². The fraction of sp³-hybridized carbons (Fsp3) is 0.500. The van der Waals surface area contributed by atoms with Gasteiger partial charge in [-0.1, -0.05) is 23.5 Å². The van der Waals surface area contributed by atoms with Gasteiger partial charge in [0.1, 0.15) is 0 Å². The van der Waals surface area contributed by atoms with Crippen LogP contribution in [0.2, 0.25) is 0 Å². The molecule has 8 heteroatoms. The van der Waals surface area contributed by atoms with Crippen LogP contribution >= 0.6 is 23.7 Å². The molecule has 1 amide bonds. The van der Waals surface area contributed by atoms with Gasteiger partial charge in [0.2, 0.25) is 0 Å². The number of nitrogens with zero attached hydrogens (tertiary/aromatic N) is 5. The largest absolute Gasteiger partial charge is 0.309 e. The van der Waals surface area contributed by atoms with E-state index in [2.05, 4.69) is 49.8 Å². The van der Waals surface area contributed by atoms with Crippen molar-refractivity contribution >= 4 is 45.0 Å². The molecule has 3 aromatic rings. The lowest BCUT2D eigenvalue weighted by Crippen LogP contribution is -2.33. The number of rotatable bonds is 7. The highest BCUT2D eigenvalue weighted by Crippen LogP contribution is 2.33. The van der Waals surface area contributed by atoms with Crippen LogP contribution in [-0.4, -0.2) is 52.8 Å². The fourth-order valence-corrected chi connectivity index (χ4v) is 4.58. The number of hydrogen-bond donors (Lipinski definition) is 0. The molecular formula is C22H32ClN5OS. The predicted octanol–water partition coefficient (Wildman–Crippen LogP) is 5.02. The van der Waals surface area contributed by atoms with Crippen molar-refractivity contribution in [2.45, 2.75) is 47.1 Å². The molecule has 0 aliphatic rings. The first kappa shape index (κ1) is 24.3. The van der Waals surface area contributed by atoms with E-state index in [-0.39, 0.29) is 24.4 Å². The maximum Gasteiger partial charge on any atom is 0.280 e. The van der Waals surface area contributed by atoms with Crippen LogP contribution in [0, 0.1) is 20.8 Å². The van der Waals surface area contributed by atoms with Gasteiger partial charge in [-0.25, -0.2) is 4.98 Å². The van der Waals surface area contributed by atoms with E-state index < -0.39 is 0 Å². The highest BCUT2D eigenvalue weighted by Gasteiger charge is 2.25. The van der Waals surface area contributed by atoms with Gasteiger partial charge in [-0.3, -0.25) is 14.4 Å². The normalized spacial score (nSPS) is 11.4. The van der Waals surface area contributed by atoms with Crippen molar-refractivity contribution in [1.82, 2.24) is 19.7 Å². The molecule has 0 N–H and O–H groups in total. The summed E-state index contributed by atoms with van der Waals surface area (Å²) < 4.78 is 3.05. The van der Waals surface area contributed by atoms with E-state index in [0.29, 0.717) is 12.2 Å². The summed E-state index contributed by atoms with van der Waals surface area (Å²) in [5.74, 6) is -0.0828. The monoisotopic (exact) mass is 449 g/mol. The number of amides is 1. The fourth-order valence-electron chi connectivity index (χ4n) is 3.45. The van der Waals surface area contributed by atoms with Gasteiger partial charge in [-0.15, -0.1) is 12.4 Å². The van der Waals surface area contributed by atoms with Gasteiger partial charge in [-0.05, 0) is 78.9 Å². The third kappa shape index (κ3) is 5.02.